The van der Waals surface area contributed by atoms with Gasteiger partial charge in [-0.05, 0) is 48.7 Å². The Morgan fingerprint density at radius 1 is 1.11 bits per heavy atom. The van der Waals surface area contributed by atoms with Crippen LogP contribution in [0.3, 0.4) is 0 Å². The van der Waals surface area contributed by atoms with Crippen LogP contribution in [0.25, 0.3) is 11.0 Å². The standard InChI is InChI=1S/C22H20FN5O5S.K/c1-12-9-15-13(2)16(10-14-5-8-25-20(19(14)23)28-34(30,31)24-3)21(29)32-18(15)11-17(12)33-22-26-6-4-7-27-22;/h4-9,11,24H,10H2,1-3H3,(H,25,28);. The summed E-state index contributed by atoms with van der Waals surface area (Å²) in [5.74, 6) is -0.936. The summed E-state index contributed by atoms with van der Waals surface area (Å²) in [7, 11) is -2.79. The van der Waals surface area contributed by atoms with Crippen molar-refractivity contribution in [3.63, 3.8) is 0 Å². The van der Waals surface area contributed by atoms with Gasteiger partial charge in [0.25, 0.3) is 10.2 Å². The zero-order chi connectivity index (χ0) is 24.5. The van der Waals surface area contributed by atoms with Crippen molar-refractivity contribution in [2.75, 3.05) is 11.8 Å². The van der Waals surface area contributed by atoms with Gasteiger partial charge in [-0.25, -0.2) is 28.9 Å². The first-order chi connectivity index (χ1) is 16.2. The van der Waals surface area contributed by atoms with Gasteiger partial charge in [-0.15, -0.1) is 0 Å². The molecule has 3 heterocycles. The zero-order valence-corrected chi connectivity index (χ0v) is 23.4. The molecule has 1 radical (unpaired) electrons. The number of pyridine rings is 1. The van der Waals surface area contributed by atoms with E-state index in [1.807, 2.05) is 16.4 Å². The van der Waals surface area contributed by atoms with Crippen LogP contribution < -0.4 is 19.8 Å². The fourth-order valence-corrected chi connectivity index (χ4v) is 3.83. The number of hydrogen-bond acceptors (Lipinski definition) is 8. The Balaban J connectivity index is 0.00000342. The molecule has 10 nitrogen and oxygen atoms in total. The molecule has 3 aromatic heterocycles. The summed E-state index contributed by atoms with van der Waals surface area (Å²) < 4.78 is 53.6. The molecular weight excluding hydrogens is 504 g/mol. The maximum Gasteiger partial charge on any atom is 0.340 e. The minimum atomic E-state index is -3.96. The molecule has 0 bridgehead atoms. The summed E-state index contributed by atoms with van der Waals surface area (Å²) in [6.45, 7) is 3.56. The molecule has 1 aromatic carbocycles. The van der Waals surface area contributed by atoms with Crippen molar-refractivity contribution in [2.24, 2.45) is 0 Å². The molecule has 13 heteroatoms. The van der Waals surface area contributed by atoms with Gasteiger partial charge >= 0.3 is 11.6 Å². The van der Waals surface area contributed by atoms with Crippen molar-refractivity contribution in [1.82, 2.24) is 19.7 Å². The molecule has 0 unspecified atom stereocenters. The SMILES string of the molecule is CNS(=O)(=O)Nc1nccc(Cc2c(C)c3cc(C)c(Oc4ncccn4)cc3oc2=O)c1F.[K]. The van der Waals surface area contributed by atoms with Crippen molar-refractivity contribution in [3.05, 3.63) is 81.3 Å². The van der Waals surface area contributed by atoms with Crippen molar-refractivity contribution in [1.29, 1.82) is 0 Å². The molecule has 35 heavy (non-hydrogen) atoms. The molecule has 4 aromatic rings. The van der Waals surface area contributed by atoms with Gasteiger partial charge < -0.3 is 9.15 Å². The van der Waals surface area contributed by atoms with Crippen LogP contribution in [-0.2, 0) is 16.6 Å². The van der Waals surface area contributed by atoms with E-state index in [4.69, 9.17) is 9.15 Å². The largest absolute Gasteiger partial charge is 0.424 e. The van der Waals surface area contributed by atoms with Crippen LogP contribution in [0.4, 0.5) is 10.2 Å². The summed E-state index contributed by atoms with van der Waals surface area (Å²) in [6, 6.07) is 6.56. The number of rotatable bonds is 7. The first kappa shape index (κ1) is 27.3. The Hall–Kier alpha value is -2.26. The minimum absolute atomic E-state index is 0. The van der Waals surface area contributed by atoms with E-state index in [2.05, 4.69) is 15.0 Å². The fourth-order valence-electron chi connectivity index (χ4n) is 3.34. The minimum Gasteiger partial charge on any atom is -0.424 e. The molecule has 0 aliphatic rings. The van der Waals surface area contributed by atoms with Crippen LogP contribution in [0.2, 0.25) is 0 Å². The molecule has 0 spiro atoms. The molecule has 0 aliphatic heterocycles. The van der Waals surface area contributed by atoms with E-state index in [9.17, 15) is 17.6 Å². The van der Waals surface area contributed by atoms with Gasteiger partial charge in [0.15, 0.2) is 11.6 Å². The summed E-state index contributed by atoms with van der Waals surface area (Å²) >= 11 is 0. The second-order valence-corrected chi connectivity index (χ2v) is 8.98. The number of aromatic nitrogens is 3. The number of hydrogen-bond donors (Lipinski definition) is 2. The molecule has 0 saturated heterocycles. The third kappa shape index (κ3) is 6.12. The summed E-state index contributed by atoms with van der Waals surface area (Å²) in [5.41, 5.74) is 1.31. The fraction of sp³-hybridized carbons (Fsp3) is 0.182. The summed E-state index contributed by atoms with van der Waals surface area (Å²) in [6.07, 6.45) is 4.22. The third-order valence-electron chi connectivity index (χ3n) is 5.16. The third-order valence-corrected chi connectivity index (χ3v) is 6.16. The van der Waals surface area contributed by atoms with E-state index in [0.29, 0.717) is 22.3 Å². The van der Waals surface area contributed by atoms with Crippen LogP contribution in [0.1, 0.15) is 22.3 Å². The topological polar surface area (TPSA) is 136 Å². The van der Waals surface area contributed by atoms with Crippen LogP contribution in [0, 0.1) is 19.7 Å². The van der Waals surface area contributed by atoms with Gasteiger partial charge in [0.2, 0.25) is 0 Å². The Kier molecular flexibility index (Phi) is 8.75. The van der Waals surface area contributed by atoms with Gasteiger partial charge in [0.1, 0.15) is 11.3 Å². The molecule has 0 amide bonds. The van der Waals surface area contributed by atoms with Gasteiger partial charge in [0, 0.05) is 100 Å². The quantitative estimate of drug-likeness (QED) is 0.278. The van der Waals surface area contributed by atoms with Crippen molar-refractivity contribution in [2.45, 2.75) is 20.3 Å². The second kappa shape index (κ2) is 11.2. The predicted molar refractivity (Wildman–Crippen MR) is 128 cm³/mol. The summed E-state index contributed by atoms with van der Waals surface area (Å²) in [5, 5.41) is 0.652. The average Bonchev–Trinajstić information content (AvgIpc) is 2.81. The van der Waals surface area contributed by atoms with E-state index < -0.39 is 27.5 Å². The summed E-state index contributed by atoms with van der Waals surface area (Å²) in [4.78, 5) is 24.6. The Labute approximate surface area is 243 Å². The van der Waals surface area contributed by atoms with E-state index >= 15 is 0 Å². The number of fused-ring (bicyclic) bond motifs is 1. The first-order valence-electron chi connectivity index (χ1n) is 10.0. The van der Waals surface area contributed by atoms with Crippen molar-refractivity contribution < 1.29 is 22.0 Å². The second-order valence-electron chi connectivity index (χ2n) is 7.36. The first-order valence-corrected chi connectivity index (χ1v) is 11.5. The van der Waals surface area contributed by atoms with Crippen LogP contribution in [0.15, 0.2) is 52.1 Å². The van der Waals surface area contributed by atoms with E-state index in [-0.39, 0.29) is 74.9 Å². The maximum absolute atomic E-state index is 14.9. The molecule has 0 atom stereocenters. The molecule has 0 aliphatic carbocycles. The van der Waals surface area contributed by atoms with Gasteiger partial charge in [-0.3, -0.25) is 4.72 Å². The van der Waals surface area contributed by atoms with Crippen LogP contribution >= 0.6 is 0 Å². The number of nitrogens with one attached hydrogen (secondary N) is 2. The number of nitrogens with zero attached hydrogens (tertiary/aromatic N) is 3. The Bertz CT molecular complexity index is 1550. The normalized spacial score (nSPS) is 11.2. The van der Waals surface area contributed by atoms with Gasteiger partial charge in [0.05, 0.1) is 0 Å². The Morgan fingerprint density at radius 3 is 2.51 bits per heavy atom. The molecule has 2 N–H and O–H groups in total. The van der Waals surface area contributed by atoms with Crippen molar-refractivity contribution >= 4 is 78.4 Å². The number of ether oxygens (including phenoxy) is 1. The van der Waals surface area contributed by atoms with Gasteiger partial charge in [-0.1, -0.05) is 0 Å². The smallest absolute Gasteiger partial charge is 0.340 e. The van der Waals surface area contributed by atoms with E-state index in [1.165, 1.54) is 19.3 Å². The monoisotopic (exact) mass is 524 g/mol. The zero-order valence-electron chi connectivity index (χ0n) is 19.4. The Morgan fingerprint density at radius 2 is 1.83 bits per heavy atom. The number of anilines is 1. The van der Waals surface area contributed by atoms with Crippen LogP contribution in [0.5, 0.6) is 11.8 Å². The molecule has 0 fully saturated rings. The number of benzene rings is 1. The molecule has 177 valence electrons. The van der Waals surface area contributed by atoms with E-state index in [0.717, 1.165) is 5.56 Å². The van der Waals surface area contributed by atoms with Gasteiger partial charge in [-0.2, -0.15) is 8.42 Å². The van der Waals surface area contributed by atoms with E-state index in [1.54, 1.807) is 37.5 Å². The molecule has 4 rings (SSSR count). The number of aryl methyl sites for hydroxylation is 2. The maximum atomic E-state index is 14.9. The van der Waals surface area contributed by atoms with Crippen molar-refractivity contribution in [3.8, 4) is 11.8 Å². The molecule has 0 saturated carbocycles. The molecular formula is C22H20FKN5O5S. The average molecular weight is 525 g/mol. The predicted octanol–water partition coefficient (Wildman–Crippen LogP) is 2.61. The van der Waals surface area contributed by atoms with Crippen LogP contribution in [-0.4, -0.2) is 81.8 Å². The number of halogens is 1.